The molecule has 0 N–H and O–H groups in total. The monoisotopic (exact) mass is 158 g/mol. The van der Waals surface area contributed by atoms with Gasteiger partial charge in [-0.05, 0) is 19.3 Å². The zero-order valence-corrected chi connectivity index (χ0v) is 7.72. The molecule has 0 aliphatic rings. The molecule has 11 heavy (non-hydrogen) atoms. The first-order valence-corrected chi connectivity index (χ1v) is 4.36. The largest absolute Gasteiger partial charge is 0.466 e. The van der Waals surface area contributed by atoms with E-state index in [0.29, 0.717) is 18.9 Å². The lowest BCUT2D eigenvalue weighted by atomic mass is 10.0. The summed E-state index contributed by atoms with van der Waals surface area (Å²) in [6.45, 7) is 6.62. The Hall–Kier alpha value is -0.530. The van der Waals surface area contributed by atoms with Crippen molar-refractivity contribution in [2.75, 3.05) is 6.61 Å². The van der Waals surface area contributed by atoms with Gasteiger partial charge >= 0.3 is 5.97 Å². The fourth-order valence-electron chi connectivity index (χ4n) is 0.802. The first kappa shape index (κ1) is 10.5. The van der Waals surface area contributed by atoms with Crippen LogP contribution in [0, 0.1) is 5.92 Å². The third kappa shape index (κ3) is 5.89. The molecule has 2 nitrogen and oxygen atoms in total. The fourth-order valence-corrected chi connectivity index (χ4v) is 0.802. The van der Waals surface area contributed by atoms with E-state index in [-0.39, 0.29) is 5.97 Å². The minimum atomic E-state index is -0.0622. The van der Waals surface area contributed by atoms with E-state index in [1.54, 1.807) is 0 Å². The first-order valence-electron chi connectivity index (χ1n) is 4.36. The molecule has 0 aromatic heterocycles. The van der Waals surface area contributed by atoms with Crippen molar-refractivity contribution in [1.29, 1.82) is 0 Å². The van der Waals surface area contributed by atoms with Crippen molar-refractivity contribution in [3.63, 3.8) is 0 Å². The number of carbonyl (C=O) groups excluding carboxylic acids is 1. The Morgan fingerprint density at radius 1 is 1.45 bits per heavy atom. The highest BCUT2D eigenvalue weighted by Crippen LogP contribution is 2.09. The minimum Gasteiger partial charge on any atom is -0.466 e. The lowest BCUT2D eigenvalue weighted by Crippen LogP contribution is -2.05. The second-order valence-corrected chi connectivity index (χ2v) is 2.86. The molecule has 2 heteroatoms. The quantitative estimate of drug-likeness (QED) is 0.574. The lowest BCUT2D eigenvalue weighted by Gasteiger charge is -2.06. The average molecular weight is 158 g/mol. The van der Waals surface area contributed by atoms with E-state index in [4.69, 9.17) is 4.74 Å². The van der Waals surface area contributed by atoms with Crippen molar-refractivity contribution in [2.45, 2.75) is 40.0 Å². The molecule has 0 spiro atoms. The van der Waals surface area contributed by atoms with Crippen LogP contribution in [0.1, 0.15) is 40.0 Å². The summed E-state index contributed by atoms with van der Waals surface area (Å²) in [6.07, 6.45) is 2.66. The van der Waals surface area contributed by atoms with Crippen LogP contribution < -0.4 is 0 Å². The van der Waals surface area contributed by atoms with Gasteiger partial charge in [0.05, 0.1) is 6.61 Å². The summed E-state index contributed by atoms with van der Waals surface area (Å²) in [6, 6.07) is 0. The Balaban J connectivity index is 3.30. The van der Waals surface area contributed by atoms with E-state index in [0.717, 1.165) is 12.8 Å². The van der Waals surface area contributed by atoms with Gasteiger partial charge in [0.25, 0.3) is 0 Å². The highest BCUT2D eigenvalue weighted by atomic mass is 16.5. The van der Waals surface area contributed by atoms with E-state index in [2.05, 4.69) is 13.8 Å². The number of carbonyl (C=O) groups is 1. The maximum Gasteiger partial charge on any atom is 0.305 e. The predicted octanol–water partition coefficient (Wildman–Crippen LogP) is 2.38. The van der Waals surface area contributed by atoms with E-state index >= 15 is 0 Å². The van der Waals surface area contributed by atoms with Crippen LogP contribution in [0.15, 0.2) is 0 Å². The Morgan fingerprint density at radius 3 is 2.55 bits per heavy atom. The van der Waals surface area contributed by atoms with Gasteiger partial charge in [-0.2, -0.15) is 0 Å². The minimum absolute atomic E-state index is 0.0622. The van der Waals surface area contributed by atoms with Crippen LogP contribution in [0.4, 0.5) is 0 Å². The summed E-state index contributed by atoms with van der Waals surface area (Å²) in [5.41, 5.74) is 0. The van der Waals surface area contributed by atoms with Crippen LogP contribution in [0.3, 0.4) is 0 Å². The van der Waals surface area contributed by atoms with E-state index in [9.17, 15) is 4.79 Å². The first-order chi connectivity index (χ1) is 5.20. The second-order valence-electron chi connectivity index (χ2n) is 2.86. The van der Waals surface area contributed by atoms with Gasteiger partial charge < -0.3 is 4.74 Å². The van der Waals surface area contributed by atoms with Crippen molar-refractivity contribution < 1.29 is 9.53 Å². The normalized spacial score (nSPS) is 12.6. The van der Waals surface area contributed by atoms with Crippen LogP contribution in [0.2, 0.25) is 0 Å². The molecule has 1 atom stereocenters. The summed E-state index contributed by atoms with van der Waals surface area (Å²) >= 11 is 0. The molecular formula is C9H18O2. The van der Waals surface area contributed by atoms with E-state index < -0.39 is 0 Å². The molecular weight excluding hydrogens is 140 g/mol. The molecule has 0 aromatic carbocycles. The van der Waals surface area contributed by atoms with Gasteiger partial charge in [-0.3, -0.25) is 4.79 Å². The second kappa shape index (κ2) is 6.20. The van der Waals surface area contributed by atoms with Crippen molar-refractivity contribution in [3.8, 4) is 0 Å². The maximum absolute atomic E-state index is 10.8. The molecule has 66 valence electrons. The van der Waals surface area contributed by atoms with E-state index in [1.165, 1.54) is 0 Å². The number of rotatable bonds is 5. The summed E-state index contributed by atoms with van der Waals surface area (Å²) < 4.78 is 4.80. The van der Waals surface area contributed by atoms with Crippen molar-refractivity contribution in [1.82, 2.24) is 0 Å². The van der Waals surface area contributed by atoms with Gasteiger partial charge in [-0.15, -0.1) is 0 Å². The molecule has 0 saturated carbocycles. The molecule has 0 fully saturated rings. The number of esters is 1. The SMILES string of the molecule is CCOC(=O)CC[C@@H](C)CC. The predicted molar refractivity (Wildman–Crippen MR) is 45.3 cm³/mol. The summed E-state index contributed by atoms with van der Waals surface area (Å²) in [5.74, 6) is 0.576. The molecule has 0 aromatic rings. The Kier molecular flexibility index (Phi) is 5.90. The Labute approximate surface area is 68.9 Å². The number of hydrogen-bond donors (Lipinski definition) is 0. The van der Waals surface area contributed by atoms with Gasteiger partial charge in [0.1, 0.15) is 0 Å². The van der Waals surface area contributed by atoms with Crippen LogP contribution in [0.25, 0.3) is 0 Å². The van der Waals surface area contributed by atoms with Crippen molar-refractivity contribution in [3.05, 3.63) is 0 Å². The van der Waals surface area contributed by atoms with Gasteiger partial charge in [0.2, 0.25) is 0 Å². The van der Waals surface area contributed by atoms with Crippen molar-refractivity contribution in [2.24, 2.45) is 5.92 Å². The van der Waals surface area contributed by atoms with E-state index in [1.807, 2.05) is 6.92 Å². The van der Waals surface area contributed by atoms with Crippen LogP contribution in [-0.2, 0) is 9.53 Å². The zero-order chi connectivity index (χ0) is 8.69. The Morgan fingerprint density at radius 2 is 2.09 bits per heavy atom. The molecule has 0 aliphatic heterocycles. The molecule has 0 unspecified atom stereocenters. The van der Waals surface area contributed by atoms with Gasteiger partial charge in [0.15, 0.2) is 0 Å². The standard InChI is InChI=1S/C9H18O2/c1-4-8(3)6-7-9(10)11-5-2/h8H,4-7H2,1-3H3/t8-/m0/s1. The maximum atomic E-state index is 10.8. The third-order valence-electron chi connectivity index (χ3n) is 1.84. The third-order valence-corrected chi connectivity index (χ3v) is 1.84. The molecule has 0 amide bonds. The summed E-state index contributed by atoms with van der Waals surface area (Å²) in [5, 5.41) is 0. The van der Waals surface area contributed by atoms with Gasteiger partial charge in [-0.1, -0.05) is 20.3 Å². The van der Waals surface area contributed by atoms with Crippen LogP contribution in [-0.4, -0.2) is 12.6 Å². The topological polar surface area (TPSA) is 26.3 Å². The highest BCUT2D eigenvalue weighted by Gasteiger charge is 2.04. The van der Waals surface area contributed by atoms with Crippen LogP contribution in [0.5, 0.6) is 0 Å². The molecule has 0 rings (SSSR count). The Bertz CT molecular complexity index is 110. The van der Waals surface area contributed by atoms with Gasteiger partial charge in [0, 0.05) is 6.42 Å². The molecule has 0 heterocycles. The lowest BCUT2D eigenvalue weighted by molar-refractivity contribution is -0.143. The number of ether oxygens (including phenoxy) is 1. The average Bonchev–Trinajstić information content (AvgIpc) is 2.01. The molecule has 0 radical (unpaired) electrons. The molecule has 0 aliphatic carbocycles. The molecule has 0 bridgehead atoms. The molecule has 0 saturated heterocycles. The highest BCUT2D eigenvalue weighted by molar-refractivity contribution is 5.69. The summed E-state index contributed by atoms with van der Waals surface area (Å²) in [7, 11) is 0. The zero-order valence-electron chi connectivity index (χ0n) is 7.72. The summed E-state index contributed by atoms with van der Waals surface area (Å²) in [4.78, 5) is 10.8. The smallest absolute Gasteiger partial charge is 0.305 e. The number of hydrogen-bond acceptors (Lipinski definition) is 2. The van der Waals surface area contributed by atoms with Crippen molar-refractivity contribution >= 4 is 5.97 Å². The van der Waals surface area contributed by atoms with Gasteiger partial charge in [-0.25, -0.2) is 0 Å². The fraction of sp³-hybridized carbons (Fsp3) is 0.889. The van der Waals surface area contributed by atoms with Crippen LogP contribution >= 0.6 is 0 Å².